The summed E-state index contributed by atoms with van der Waals surface area (Å²) < 4.78 is 0. The van der Waals surface area contributed by atoms with Crippen LogP contribution < -0.4 is 14.7 Å². The van der Waals surface area contributed by atoms with Gasteiger partial charge in [-0.25, -0.2) is 0 Å². The van der Waals surface area contributed by atoms with Gasteiger partial charge in [-0.15, -0.1) is 0 Å². The van der Waals surface area contributed by atoms with Crippen molar-refractivity contribution in [3.63, 3.8) is 0 Å². The SMILES string of the molecule is CCCN1c2cccc3c2C2(C#Cc4ccc5c(c4)N=Nc4cccc6c4C(CC6)C5)c4c1cccc4N(CCC)c1cccc(c12)N3CCC. The van der Waals surface area contributed by atoms with Crippen LogP contribution >= 0.6 is 0 Å². The third kappa shape index (κ3) is 4.23. The number of azo groups is 1. The predicted molar refractivity (Wildman–Crippen MR) is 210 cm³/mol. The molecule has 0 amide bonds. The van der Waals surface area contributed by atoms with Gasteiger partial charge in [0, 0.05) is 76.0 Å². The molecule has 1 atom stereocenters. The highest BCUT2D eigenvalue weighted by molar-refractivity contribution is 6.02. The van der Waals surface area contributed by atoms with Crippen molar-refractivity contribution in [3.05, 3.63) is 130 Å². The van der Waals surface area contributed by atoms with Gasteiger partial charge in [-0.05, 0) is 116 Å². The number of hydrogen-bond acceptors (Lipinski definition) is 5. The zero-order valence-electron chi connectivity index (χ0n) is 29.8. The van der Waals surface area contributed by atoms with Crippen molar-refractivity contribution < 1.29 is 0 Å². The predicted octanol–water partition coefficient (Wildman–Crippen LogP) is 11.7. The fourth-order valence-corrected chi connectivity index (χ4v) is 9.93. The maximum absolute atomic E-state index is 4.87. The van der Waals surface area contributed by atoms with E-state index in [2.05, 4.69) is 138 Å². The number of anilines is 6. The molecule has 1 aliphatic carbocycles. The van der Waals surface area contributed by atoms with Gasteiger partial charge >= 0.3 is 0 Å². The van der Waals surface area contributed by atoms with Crippen molar-refractivity contribution in [2.75, 3.05) is 34.3 Å². The Bertz CT molecular complexity index is 2120. The zero-order valence-corrected chi connectivity index (χ0v) is 29.8. The lowest BCUT2D eigenvalue weighted by Gasteiger charge is -2.54. The highest BCUT2D eigenvalue weighted by Crippen LogP contribution is 2.66. The van der Waals surface area contributed by atoms with Crippen LogP contribution in [0.5, 0.6) is 0 Å². The molecule has 4 aliphatic heterocycles. The van der Waals surface area contributed by atoms with Gasteiger partial charge in [0.15, 0.2) is 0 Å². The van der Waals surface area contributed by atoms with Gasteiger partial charge in [0.25, 0.3) is 0 Å². The fourth-order valence-electron chi connectivity index (χ4n) is 9.93. The number of benzene rings is 5. The lowest BCUT2D eigenvalue weighted by molar-refractivity contribution is 0.672. The van der Waals surface area contributed by atoms with E-state index >= 15 is 0 Å². The van der Waals surface area contributed by atoms with Gasteiger partial charge in [-0.2, -0.15) is 10.2 Å². The molecule has 0 radical (unpaired) electrons. The van der Waals surface area contributed by atoms with E-state index in [1.54, 1.807) is 0 Å². The van der Waals surface area contributed by atoms with E-state index in [-0.39, 0.29) is 0 Å². The molecule has 51 heavy (non-hydrogen) atoms. The van der Waals surface area contributed by atoms with Gasteiger partial charge in [0.2, 0.25) is 0 Å². The number of aryl methyl sites for hydroxylation is 1. The normalized spacial score (nSPS) is 17.5. The summed E-state index contributed by atoms with van der Waals surface area (Å²) in [6, 6.07) is 34.0. The molecule has 0 fully saturated rings. The molecule has 10 rings (SSSR count). The fraction of sp³-hybridized carbons (Fsp3) is 0.304. The van der Waals surface area contributed by atoms with Gasteiger partial charge in [-0.1, -0.05) is 69.0 Å². The summed E-state index contributed by atoms with van der Waals surface area (Å²) in [6.45, 7) is 9.72. The highest BCUT2D eigenvalue weighted by atomic mass is 15.2. The van der Waals surface area contributed by atoms with Crippen molar-refractivity contribution >= 4 is 45.5 Å². The van der Waals surface area contributed by atoms with Crippen LogP contribution in [0.4, 0.5) is 45.5 Å². The van der Waals surface area contributed by atoms with E-state index in [1.807, 2.05) is 0 Å². The first-order valence-corrected chi connectivity index (χ1v) is 19.1. The van der Waals surface area contributed by atoms with Crippen molar-refractivity contribution in [1.29, 1.82) is 0 Å². The molecule has 0 saturated carbocycles. The van der Waals surface area contributed by atoms with Crippen LogP contribution in [0, 0.1) is 11.8 Å². The second-order valence-corrected chi connectivity index (χ2v) is 14.8. The Kier molecular flexibility index (Phi) is 6.93. The Morgan fingerprint density at radius 1 is 0.608 bits per heavy atom. The Morgan fingerprint density at radius 3 is 1.65 bits per heavy atom. The maximum atomic E-state index is 4.87. The summed E-state index contributed by atoms with van der Waals surface area (Å²) in [4.78, 5) is 7.72. The lowest BCUT2D eigenvalue weighted by atomic mass is 9.61. The molecule has 0 spiro atoms. The van der Waals surface area contributed by atoms with E-state index < -0.39 is 5.41 Å². The number of hydrogen-bond donors (Lipinski definition) is 0. The van der Waals surface area contributed by atoms with E-state index in [9.17, 15) is 0 Å². The molecular formula is C46H43N5. The standard InChI is InChI=1S/C46H43N5/c1-4-25-49-36-13-8-15-38-43(36)46(24-23-30-19-20-32-29-33-22-21-31-11-7-12-34(42(31)33)47-48-35(32)28-30)44-37(49)14-9-16-39(44)51(27-6-3)41-18-10-17-40(45(41)46)50(38)26-5-2/h7-20,28,33H,4-6,21-22,25-27,29H2,1-3H3. The second-order valence-electron chi connectivity index (χ2n) is 14.8. The molecule has 5 aromatic carbocycles. The molecule has 0 aromatic heterocycles. The molecule has 5 nitrogen and oxygen atoms in total. The smallest absolute Gasteiger partial charge is 0.119 e. The summed E-state index contributed by atoms with van der Waals surface area (Å²) >= 11 is 0. The molecule has 252 valence electrons. The monoisotopic (exact) mass is 665 g/mol. The highest BCUT2D eigenvalue weighted by Gasteiger charge is 2.55. The third-order valence-corrected chi connectivity index (χ3v) is 11.8. The number of nitrogens with zero attached hydrogens (tertiary/aromatic N) is 5. The average molecular weight is 666 g/mol. The Morgan fingerprint density at radius 2 is 1.12 bits per heavy atom. The van der Waals surface area contributed by atoms with Gasteiger partial charge in [-0.3, -0.25) is 0 Å². The quantitative estimate of drug-likeness (QED) is 0.169. The Hall–Kier alpha value is -5.34. The van der Waals surface area contributed by atoms with Crippen LogP contribution in [0.1, 0.15) is 91.3 Å². The minimum absolute atomic E-state index is 0.496. The summed E-state index contributed by atoms with van der Waals surface area (Å²) in [6.07, 6.45) is 6.47. The molecule has 4 heterocycles. The minimum Gasteiger partial charge on any atom is -0.341 e. The Labute approximate surface area is 301 Å². The van der Waals surface area contributed by atoms with Gasteiger partial charge < -0.3 is 14.7 Å². The van der Waals surface area contributed by atoms with Gasteiger partial charge in [0.1, 0.15) is 5.41 Å². The average Bonchev–Trinajstić information content (AvgIpc) is 3.57. The minimum atomic E-state index is -0.631. The number of rotatable bonds is 6. The van der Waals surface area contributed by atoms with Crippen molar-refractivity contribution in [3.8, 4) is 11.8 Å². The summed E-state index contributed by atoms with van der Waals surface area (Å²) in [5.74, 6) is 8.42. The van der Waals surface area contributed by atoms with Crippen LogP contribution in [-0.2, 0) is 18.3 Å². The van der Waals surface area contributed by atoms with Crippen LogP contribution in [0.2, 0.25) is 0 Å². The zero-order chi connectivity index (χ0) is 34.3. The molecule has 5 heteroatoms. The summed E-state index contributed by atoms with van der Waals surface area (Å²) in [5.41, 5.74) is 18.1. The van der Waals surface area contributed by atoms with Crippen LogP contribution in [0.3, 0.4) is 0 Å². The van der Waals surface area contributed by atoms with Crippen molar-refractivity contribution in [2.45, 2.75) is 70.6 Å². The van der Waals surface area contributed by atoms with E-state index in [4.69, 9.17) is 10.2 Å². The molecular weight excluding hydrogens is 623 g/mol. The molecule has 1 unspecified atom stereocenters. The topological polar surface area (TPSA) is 34.4 Å². The summed E-state index contributed by atoms with van der Waals surface area (Å²) in [7, 11) is 0. The molecule has 5 aromatic rings. The summed E-state index contributed by atoms with van der Waals surface area (Å²) in [5, 5.41) is 9.70. The first-order chi connectivity index (χ1) is 25.2. The van der Waals surface area contributed by atoms with Crippen LogP contribution in [0.25, 0.3) is 0 Å². The first-order valence-electron chi connectivity index (χ1n) is 19.1. The third-order valence-electron chi connectivity index (χ3n) is 11.8. The van der Waals surface area contributed by atoms with E-state index in [0.29, 0.717) is 5.92 Å². The van der Waals surface area contributed by atoms with E-state index in [0.717, 1.165) is 68.7 Å². The lowest BCUT2D eigenvalue weighted by Crippen LogP contribution is -2.47. The second kappa shape index (κ2) is 11.6. The maximum Gasteiger partial charge on any atom is 0.119 e. The molecule has 0 bridgehead atoms. The largest absolute Gasteiger partial charge is 0.341 e. The van der Waals surface area contributed by atoms with Crippen molar-refractivity contribution in [2.24, 2.45) is 10.2 Å². The van der Waals surface area contributed by atoms with Gasteiger partial charge in [0.05, 0.1) is 11.4 Å². The van der Waals surface area contributed by atoms with Crippen molar-refractivity contribution in [1.82, 2.24) is 0 Å². The van der Waals surface area contributed by atoms with Crippen LogP contribution in [0.15, 0.2) is 101 Å². The first kappa shape index (κ1) is 30.5. The molecule has 0 saturated heterocycles. The number of fused-ring (bicyclic) bond motifs is 1. The Balaban J connectivity index is 1.23. The van der Waals surface area contributed by atoms with Crippen LogP contribution in [-0.4, -0.2) is 19.6 Å². The van der Waals surface area contributed by atoms with E-state index in [1.165, 1.54) is 73.9 Å². The molecule has 0 N–H and O–H groups in total. The molecule has 5 aliphatic rings.